The quantitative estimate of drug-likeness (QED) is 0.813. The summed E-state index contributed by atoms with van der Waals surface area (Å²) in [5, 5.41) is 4.81. The molecule has 2 aliphatic rings. The number of carbonyl (C=O) groups excluding carboxylic acids is 1. The van der Waals surface area contributed by atoms with Gasteiger partial charge in [-0.05, 0) is 30.9 Å². The highest BCUT2D eigenvalue weighted by Crippen LogP contribution is 2.32. The van der Waals surface area contributed by atoms with Crippen LogP contribution in [0.2, 0.25) is 5.02 Å². The SMILES string of the molecule is CC1C2=C(C=CC2)CCN1C(=O)c1cc2ncc(Cl)cn2n1. The van der Waals surface area contributed by atoms with Crippen molar-refractivity contribution in [1.82, 2.24) is 19.5 Å². The van der Waals surface area contributed by atoms with Crippen LogP contribution >= 0.6 is 11.6 Å². The van der Waals surface area contributed by atoms with Gasteiger partial charge < -0.3 is 4.90 Å². The van der Waals surface area contributed by atoms with Gasteiger partial charge in [-0.25, -0.2) is 9.50 Å². The molecule has 0 N–H and O–H groups in total. The molecule has 3 heterocycles. The van der Waals surface area contributed by atoms with Gasteiger partial charge in [0.05, 0.1) is 17.3 Å². The van der Waals surface area contributed by atoms with Gasteiger partial charge in [-0.1, -0.05) is 23.8 Å². The summed E-state index contributed by atoms with van der Waals surface area (Å²) in [5.41, 5.74) is 3.78. The summed E-state index contributed by atoms with van der Waals surface area (Å²) in [7, 11) is 0. The van der Waals surface area contributed by atoms with Gasteiger partial charge in [-0.3, -0.25) is 4.79 Å². The van der Waals surface area contributed by atoms with Gasteiger partial charge in [0.2, 0.25) is 0 Å². The van der Waals surface area contributed by atoms with E-state index in [2.05, 4.69) is 29.2 Å². The summed E-state index contributed by atoms with van der Waals surface area (Å²) < 4.78 is 1.55. The number of fused-ring (bicyclic) bond motifs is 1. The molecule has 5 nitrogen and oxygen atoms in total. The molecule has 0 spiro atoms. The number of aromatic nitrogens is 3. The molecule has 1 atom stereocenters. The third-order valence-corrected chi connectivity index (χ3v) is 4.62. The normalized spacial score (nSPS) is 20.8. The zero-order valence-corrected chi connectivity index (χ0v) is 12.9. The van der Waals surface area contributed by atoms with Crippen LogP contribution in [-0.2, 0) is 0 Å². The van der Waals surface area contributed by atoms with Crippen molar-refractivity contribution in [1.29, 1.82) is 0 Å². The lowest BCUT2D eigenvalue weighted by molar-refractivity contribution is 0.0700. The highest BCUT2D eigenvalue weighted by atomic mass is 35.5. The van der Waals surface area contributed by atoms with E-state index in [1.807, 2.05) is 4.90 Å². The zero-order chi connectivity index (χ0) is 15.3. The van der Waals surface area contributed by atoms with E-state index in [1.165, 1.54) is 11.1 Å². The molecule has 112 valence electrons. The van der Waals surface area contributed by atoms with Crippen molar-refractivity contribution in [2.45, 2.75) is 25.8 Å². The van der Waals surface area contributed by atoms with E-state index in [1.54, 1.807) is 23.0 Å². The fourth-order valence-corrected chi connectivity index (χ4v) is 3.40. The Balaban J connectivity index is 1.66. The second-order valence-electron chi connectivity index (χ2n) is 5.69. The first kappa shape index (κ1) is 13.5. The molecule has 1 aliphatic carbocycles. The molecule has 0 bridgehead atoms. The van der Waals surface area contributed by atoms with Crippen molar-refractivity contribution in [2.24, 2.45) is 0 Å². The highest BCUT2D eigenvalue weighted by Gasteiger charge is 2.31. The number of allylic oxidation sites excluding steroid dienone is 2. The van der Waals surface area contributed by atoms with Crippen molar-refractivity contribution in [3.63, 3.8) is 0 Å². The van der Waals surface area contributed by atoms with E-state index >= 15 is 0 Å². The minimum atomic E-state index is -0.0485. The molecule has 1 amide bonds. The smallest absolute Gasteiger partial charge is 0.274 e. The summed E-state index contributed by atoms with van der Waals surface area (Å²) >= 11 is 5.91. The monoisotopic (exact) mass is 314 g/mol. The van der Waals surface area contributed by atoms with Gasteiger partial charge in [-0.15, -0.1) is 0 Å². The number of hydrogen-bond donors (Lipinski definition) is 0. The number of rotatable bonds is 1. The van der Waals surface area contributed by atoms with E-state index in [9.17, 15) is 4.79 Å². The lowest BCUT2D eigenvalue weighted by atomic mass is 9.95. The maximum atomic E-state index is 12.8. The molecule has 6 heteroatoms. The fourth-order valence-electron chi connectivity index (χ4n) is 3.25. The first-order valence-corrected chi connectivity index (χ1v) is 7.71. The summed E-state index contributed by atoms with van der Waals surface area (Å²) in [6.45, 7) is 2.82. The van der Waals surface area contributed by atoms with Crippen LogP contribution in [0.3, 0.4) is 0 Å². The van der Waals surface area contributed by atoms with Crippen molar-refractivity contribution < 1.29 is 4.79 Å². The van der Waals surface area contributed by atoms with Gasteiger partial charge in [0.1, 0.15) is 0 Å². The Morgan fingerprint density at radius 1 is 1.45 bits per heavy atom. The van der Waals surface area contributed by atoms with Crippen molar-refractivity contribution in [2.75, 3.05) is 6.54 Å². The van der Waals surface area contributed by atoms with Gasteiger partial charge >= 0.3 is 0 Å². The summed E-state index contributed by atoms with van der Waals surface area (Å²) in [6.07, 6.45) is 9.43. The molecule has 2 aromatic heterocycles. The maximum Gasteiger partial charge on any atom is 0.274 e. The number of halogens is 1. The number of hydrogen-bond acceptors (Lipinski definition) is 3. The maximum absolute atomic E-state index is 12.8. The molecule has 22 heavy (non-hydrogen) atoms. The molecule has 0 aromatic carbocycles. The Labute approximate surface area is 132 Å². The largest absolute Gasteiger partial charge is 0.330 e. The first-order valence-electron chi connectivity index (χ1n) is 7.34. The van der Waals surface area contributed by atoms with Crippen molar-refractivity contribution >= 4 is 23.2 Å². The van der Waals surface area contributed by atoms with Crippen LogP contribution in [0.25, 0.3) is 5.65 Å². The van der Waals surface area contributed by atoms with Gasteiger partial charge in [0.25, 0.3) is 5.91 Å². The van der Waals surface area contributed by atoms with Gasteiger partial charge in [-0.2, -0.15) is 5.10 Å². The van der Waals surface area contributed by atoms with Crippen LogP contribution in [0, 0.1) is 0 Å². The van der Waals surface area contributed by atoms with Crippen LogP contribution in [0.1, 0.15) is 30.3 Å². The molecule has 2 aromatic rings. The Hall–Kier alpha value is -2.14. The minimum Gasteiger partial charge on any atom is -0.330 e. The Kier molecular flexibility index (Phi) is 3.04. The number of nitrogens with zero attached hydrogens (tertiary/aromatic N) is 4. The van der Waals surface area contributed by atoms with E-state index in [-0.39, 0.29) is 11.9 Å². The van der Waals surface area contributed by atoms with Crippen LogP contribution in [-0.4, -0.2) is 38.0 Å². The zero-order valence-electron chi connectivity index (χ0n) is 12.2. The van der Waals surface area contributed by atoms with Crippen LogP contribution in [0.5, 0.6) is 0 Å². The average molecular weight is 315 g/mol. The van der Waals surface area contributed by atoms with E-state index in [0.29, 0.717) is 16.4 Å². The van der Waals surface area contributed by atoms with Crippen molar-refractivity contribution in [3.8, 4) is 0 Å². The van der Waals surface area contributed by atoms with Crippen LogP contribution in [0.4, 0.5) is 0 Å². The third-order valence-electron chi connectivity index (χ3n) is 4.42. The summed E-state index contributed by atoms with van der Waals surface area (Å²) in [5.74, 6) is -0.0485. The molecule has 4 rings (SSSR count). The molecular formula is C16H15ClN4O. The van der Waals surface area contributed by atoms with Crippen molar-refractivity contribution in [3.05, 3.63) is 52.5 Å². The second kappa shape index (κ2) is 4.95. The predicted molar refractivity (Wildman–Crippen MR) is 83.9 cm³/mol. The van der Waals surface area contributed by atoms with Gasteiger partial charge in [0.15, 0.2) is 11.3 Å². The molecule has 1 unspecified atom stereocenters. The molecule has 1 aliphatic heterocycles. The number of amides is 1. The standard InChI is InChI=1S/C16H15ClN4O/c1-10-13-4-2-3-11(13)5-6-20(10)16(22)14-7-15-18-8-12(17)9-21(15)19-14/h2-3,7-10H,4-6H2,1H3. The fraction of sp³-hybridized carbons (Fsp3) is 0.312. The second-order valence-corrected chi connectivity index (χ2v) is 6.12. The van der Waals surface area contributed by atoms with E-state index in [4.69, 9.17) is 11.6 Å². The Bertz CT molecular complexity index is 836. The molecular weight excluding hydrogens is 300 g/mol. The van der Waals surface area contributed by atoms with Crippen LogP contribution in [0.15, 0.2) is 41.8 Å². The first-order chi connectivity index (χ1) is 10.6. The lowest BCUT2D eigenvalue weighted by Gasteiger charge is -2.34. The van der Waals surface area contributed by atoms with Gasteiger partial charge in [0, 0.05) is 18.8 Å². The highest BCUT2D eigenvalue weighted by molar-refractivity contribution is 6.30. The summed E-state index contributed by atoms with van der Waals surface area (Å²) in [6, 6.07) is 1.83. The molecule has 0 fully saturated rings. The topological polar surface area (TPSA) is 50.5 Å². The predicted octanol–water partition coefficient (Wildman–Crippen LogP) is 2.87. The Morgan fingerprint density at radius 2 is 2.32 bits per heavy atom. The number of carbonyl (C=O) groups is 1. The molecule has 0 radical (unpaired) electrons. The molecule has 0 saturated carbocycles. The van der Waals surface area contributed by atoms with Crippen LogP contribution < -0.4 is 0 Å². The Morgan fingerprint density at radius 3 is 3.18 bits per heavy atom. The average Bonchev–Trinajstić information content (AvgIpc) is 3.12. The minimum absolute atomic E-state index is 0.0485. The summed E-state index contributed by atoms with van der Waals surface area (Å²) in [4.78, 5) is 18.9. The van der Waals surface area contributed by atoms with E-state index < -0.39 is 0 Å². The van der Waals surface area contributed by atoms with E-state index in [0.717, 1.165) is 19.4 Å². The third kappa shape index (κ3) is 2.04. The molecule has 0 saturated heterocycles. The lowest BCUT2D eigenvalue weighted by Crippen LogP contribution is -2.43.